The number of ether oxygens (including phenoxy) is 1. The van der Waals surface area contributed by atoms with Gasteiger partial charge < -0.3 is 9.72 Å². The van der Waals surface area contributed by atoms with Crippen molar-refractivity contribution >= 4 is 5.97 Å². The monoisotopic (exact) mass is 223 g/mol. The first kappa shape index (κ1) is 12.8. The molecule has 1 aromatic heterocycles. The summed E-state index contributed by atoms with van der Waals surface area (Å²) in [6.07, 6.45) is 0.907. The molecule has 0 aromatic carbocycles. The van der Waals surface area contributed by atoms with Crippen LogP contribution in [0, 0.1) is 19.8 Å². The Kier molecular flexibility index (Phi) is 4.16. The van der Waals surface area contributed by atoms with Gasteiger partial charge in [0.05, 0.1) is 6.61 Å². The molecule has 1 heterocycles. The molecule has 90 valence electrons. The lowest BCUT2D eigenvalue weighted by Gasteiger charge is -2.07. The number of H-pyrrole nitrogens is 1. The van der Waals surface area contributed by atoms with Crippen LogP contribution in [0.2, 0.25) is 0 Å². The molecule has 0 fully saturated rings. The maximum absolute atomic E-state index is 11.8. The first-order valence-electron chi connectivity index (χ1n) is 5.82. The molecule has 0 aliphatic rings. The SMILES string of the molecule is CCOC(=O)c1[nH]c(C)c(C)c1CC(C)C. The van der Waals surface area contributed by atoms with E-state index < -0.39 is 0 Å². The fourth-order valence-electron chi connectivity index (χ4n) is 1.81. The molecule has 0 bridgehead atoms. The van der Waals surface area contributed by atoms with Crippen molar-refractivity contribution in [1.29, 1.82) is 0 Å². The van der Waals surface area contributed by atoms with Crippen molar-refractivity contribution in [2.45, 2.75) is 41.0 Å². The molecule has 0 saturated carbocycles. The average Bonchev–Trinajstić information content (AvgIpc) is 2.46. The molecular weight excluding hydrogens is 202 g/mol. The van der Waals surface area contributed by atoms with Crippen LogP contribution in [0.1, 0.15) is 48.1 Å². The third-order valence-electron chi connectivity index (χ3n) is 2.72. The van der Waals surface area contributed by atoms with Crippen molar-refractivity contribution < 1.29 is 9.53 Å². The second kappa shape index (κ2) is 5.19. The molecule has 0 atom stereocenters. The lowest BCUT2D eigenvalue weighted by Crippen LogP contribution is -2.09. The van der Waals surface area contributed by atoms with Crippen LogP contribution in [0.4, 0.5) is 0 Å². The first-order chi connectivity index (χ1) is 7.47. The minimum absolute atomic E-state index is 0.241. The topological polar surface area (TPSA) is 42.1 Å². The third-order valence-corrected chi connectivity index (χ3v) is 2.72. The molecule has 3 nitrogen and oxygen atoms in total. The van der Waals surface area contributed by atoms with Crippen molar-refractivity contribution in [1.82, 2.24) is 4.98 Å². The van der Waals surface area contributed by atoms with Gasteiger partial charge in [-0.2, -0.15) is 0 Å². The number of aromatic nitrogens is 1. The van der Waals surface area contributed by atoms with Gasteiger partial charge in [-0.15, -0.1) is 0 Å². The highest BCUT2D eigenvalue weighted by molar-refractivity contribution is 5.90. The predicted molar refractivity (Wildman–Crippen MR) is 64.8 cm³/mol. The molecule has 0 aliphatic carbocycles. The predicted octanol–water partition coefficient (Wildman–Crippen LogP) is 3.01. The molecule has 0 unspecified atom stereocenters. The molecule has 1 rings (SSSR count). The number of nitrogens with one attached hydrogen (secondary N) is 1. The number of aryl methyl sites for hydroxylation is 1. The molecule has 1 N–H and O–H groups in total. The van der Waals surface area contributed by atoms with Gasteiger partial charge in [-0.1, -0.05) is 13.8 Å². The lowest BCUT2D eigenvalue weighted by molar-refractivity contribution is 0.0518. The summed E-state index contributed by atoms with van der Waals surface area (Å²) in [5, 5.41) is 0. The molecule has 0 saturated heterocycles. The standard InChI is InChI=1S/C13H21NO2/c1-6-16-13(15)12-11(7-8(2)3)9(4)10(5)14-12/h8,14H,6-7H2,1-5H3. The molecule has 0 amide bonds. The average molecular weight is 223 g/mol. The molecule has 0 spiro atoms. The fourth-order valence-corrected chi connectivity index (χ4v) is 1.81. The fraction of sp³-hybridized carbons (Fsp3) is 0.615. The van der Waals surface area contributed by atoms with Crippen molar-refractivity contribution in [2.75, 3.05) is 6.61 Å². The highest BCUT2D eigenvalue weighted by Crippen LogP contribution is 2.21. The van der Waals surface area contributed by atoms with Crippen LogP contribution in [0.25, 0.3) is 0 Å². The van der Waals surface area contributed by atoms with E-state index in [4.69, 9.17) is 4.74 Å². The summed E-state index contributed by atoms with van der Waals surface area (Å²) in [4.78, 5) is 14.9. The van der Waals surface area contributed by atoms with Gasteiger partial charge in [-0.3, -0.25) is 0 Å². The van der Waals surface area contributed by atoms with Crippen molar-refractivity contribution in [2.24, 2.45) is 5.92 Å². The Balaban J connectivity index is 3.07. The van der Waals surface area contributed by atoms with E-state index in [-0.39, 0.29) is 5.97 Å². The summed E-state index contributed by atoms with van der Waals surface area (Å²) in [5.74, 6) is 0.288. The normalized spacial score (nSPS) is 10.9. The zero-order valence-corrected chi connectivity index (χ0v) is 10.8. The van der Waals surface area contributed by atoms with Gasteiger partial charge in [0.15, 0.2) is 0 Å². The van der Waals surface area contributed by atoms with Crippen LogP contribution >= 0.6 is 0 Å². The number of hydrogen-bond donors (Lipinski definition) is 1. The molecule has 3 heteroatoms. The highest BCUT2D eigenvalue weighted by atomic mass is 16.5. The van der Waals surface area contributed by atoms with E-state index in [0.29, 0.717) is 18.2 Å². The Bertz CT molecular complexity index is 378. The summed E-state index contributed by atoms with van der Waals surface area (Å²) >= 11 is 0. The van der Waals surface area contributed by atoms with E-state index in [1.165, 1.54) is 5.56 Å². The summed E-state index contributed by atoms with van der Waals surface area (Å²) in [7, 11) is 0. The van der Waals surface area contributed by atoms with E-state index >= 15 is 0 Å². The van der Waals surface area contributed by atoms with Crippen LogP contribution in [0.5, 0.6) is 0 Å². The van der Waals surface area contributed by atoms with Crippen LogP contribution in [-0.4, -0.2) is 17.6 Å². The summed E-state index contributed by atoms with van der Waals surface area (Å²) < 4.78 is 5.05. The van der Waals surface area contributed by atoms with E-state index in [9.17, 15) is 4.79 Å². The number of hydrogen-bond acceptors (Lipinski definition) is 2. The number of carbonyl (C=O) groups excluding carboxylic acids is 1. The van der Waals surface area contributed by atoms with Crippen LogP contribution in [0.15, 0.2) is 0 Å². The zero-order chi connectivity index (χ0) is 12.3. The zero-order valence-electron chi connectivity index (χ0n) is 10.8. The highest BCUT2D eigenvalue weighted by Gasteiger charge is 2.19. The van der Waals surface area contributed by atoms with Gasteiger partial charge >= 0.3 is 5.97 Å². The number of carbonyl (C=O) groups is 1. The smallest absolute Gasteiger partial charge is 0.355 e. The first-order valence-corrected chi connectivity index (χ1v) is 5.82. The van der Waals surface area contributed by atoms with Crippen molar-refractivity contribution in [3.63, 3.8) is 0 Å². The van der Waals surface area contributed by atoms with Gasteiger partial charge in [0.1, 0.15) is 5.69 Å². The Morgan fingerprint density at radius 3 is 2.50 bits per heavy atom. The maximum Gasteiger partial charge on any atom is 0.355 e. The van der Waals surface area contributed by atoms with Crippen LogP contribution < -0.4 is 0 Å². The third kappa shape index (κ3) is 2.65. The summed E-state index contributed by atoms with van der Waals surface area (Å²) in [6, 6.07) is 0. The van der Waals surface area contributed by atoms with Crippen LogP contribution in [0.3, 0.4) is 0 Å². The van der Waals surface area contributed by atoms with E-state index in [1.807, 2.05) is 20.8 Å². The van der Waals surface area contributed by atoms with Crippen molar-refractivity contribution in [3.05, 3.63) is 22.5 Å². The maximum atomic E-state index is 11.8. The Morgan fingerprint density at radius 1 is 1.38 bits per heavy atom. The van der Waals surface area contributed by atoms with Gasteiger partial charge in [-0.05, 0) is 44.2 Å². The number of esters is 1. The second-order valence-corrected chi connectivity index (χ2v) is 4.55. The molecule has 0 radical (unpaired) electrons. The van der Waals surface area contributed by atoms with E-state index in [2.05, 4.69) is 18.8 Å². The lowest BCUT2D eigenvalue weighted by atomic mass is 9.99. The number of aromatic amines is 1. The van der Waals surface area contributed by atoms with E-state index in [0.717, 1.165) is 17.7 Å². The minimum Gasteiger partial charge on any atom is -0.461 e. The Hall–Kier alpha value is -1.25. The van der Waals surface area contributed by atoms with Gasteiger partial charge in [0.25, 0.3) is 0 Å². The Labute approximate surface area is 97.2 Å². The Morgan fingerprint density at radius 2 is 2.00 bits per heavy atom. The second-order valence-electron chi connectivity index (χ2n) is 4.55. The minimum atomic E-state index is -0.241. The van der Waals surface area contributed by atoms with Crippen molar-refractivity contribution in [3.8, 4) is 0 Å². The van der Waals surface area contributed by atoms with E-state index in [1.54, 1.807) is 0 Å². The molecular formula is C13H21NO2. The molecule has 16 heavy (non-hydrogen) atoms. The molecule has 0 aliphatic heterocycles. The van der Waals surface area contributed by atoms with Gasteiger partial charge in [-0.25, -0.2) is 4.79 Å². The van der Waals surface area contributed by atoms with Gasteiger partial charge in [0, 0.05) is 5.69 Å². The quantitative estimate of drug-likeness (QED) is 0.797. The van der Waals surface area contributed by atoms with Gasteiger partial charge in [0.2, 0.25) is 0 Å². The molecule has 1 aromatic rings. The van der Waals surface area contributed by atoms with Crippen LogP contribution in [-0.2, 0) is 11.2 Å². The largest absolute Gasteiger partial charge is 0.461 e. The number of rotatable bonds is 4. The summed E-state index contributed by atoms with van der Waals surface area (Å²) in [6.45, 7) is 10.6. The summed E-state index contributed by atoms with van der Waals surface area (Å²) in [5.41, 5.74) is 3.96.